The first kappa shape index (κ1) is 11.0. The molecule has 5 heteroatoms. The minimum Gasteiger partial charge on any atom is -0.479 e. The Balaban J connectivity index is 2.14. The van der Waals surface area contributed by atoms with E-state index in [2.05, 4.69) is 9.88 Å². The highest BCUT2D eigenvalue weighted by Gasteiger charge is 2.18. The lowest BCUT2D eigenvalue weighted by Gasteiger charge is -2.30. The van der Waals surface area contributed by atoms with Crippen LogP contribution in [0.2, 0.25) is 0 Å². The van der Waals surface area contributed by atoms with Gasteiger partial charge in [-0.3, -0.25) is 0 Å². The molecule has 5 nitrogen and oxygen atoms in total. The number of hydrogen-bond donors (Lipinski definition) is 2. The summed E-state index contributed by atoms with van der Waals surface area (Å²) in [6.45, 7) is 1.64. The Hall–Kier alpha value is -1.49. The van der Waals surface area contributed by atoms with Gasteiger partial charge in [-0.25, -0.2) is 0 Å². The average Bonchev–Trinajstić information content (AvgIpc) is 2.31. The molecular formula is C11H17N3O2. The normalized spacial score (nSPS) is 17.5. The zero-order valence-electron chi connectivity index (χ0n) is 9.39. The van der Waals surface area contributed by atoms with E-state index < -0.39 is 0 Å². The highest BCUT2D eigenvalue weighted by atomic mass is 16.5. The quantitative estimate of drug-likeness (QED) is 0.769. The fraction of sp³-hybridized carbons (Fsp3) is 0.545. The smallest absolute Gasteiger partial charge is 0.238 e. The Labute approximate surface area is 94.8 Å². The fourth-order valence-corrected chi connectivity index (χ4v) is 1.88. The molecule has 2 heterocycles. The number of methoxy groups -OCH3 is 1. The van der Waals surface area contributed by atoms with Crippen LogP contribution in [-0.4, -0.2) is 36.4 Å². The van der Waals surface area contributed by atoms with Gasteiger partial charge >= 0.3 is 0 Å². The van der Waals surface area contributed by atoms with E-state index in [1.165, 1.54) is 0 Å². The Morgan fingerprint density at radius 1 is 1.44 bits per heavy atom. The van der Waals surface area contributed by atoms with Crippen LogP contribution in [-0.2, 0) is 0 Å². The van der Waals surface area contributed by atoms with Crippen molar-refractivity contribution >= 4 is 11.5 Å². The van der Waals surface area contributed by atoms with Crippen LogP contribution < -0.4 is 15.4 Å². The van der Waals surface area contributed by atoms with Gasteiger partial charge in [0.15, 0.2) is 0 Å². The molecule has 88 valence electrons. The molecule has 1 aromatic rings. The van der Waals surface area contributed by atoms with E-state index in [1.54, 1.807) is 13.2 Å². The average molecular weight is 223 g/mol. The van der Waals surface area contributed by atoms with Crippen molar-refractivity contribution in [2.24, 2.45) is 0 Å². The van der Waals surface area contributed by atoms with Crippen molar-refractivity contribution in [2.75, 3.05) is 30.8 Å². The molecule has 0 aromatic carbocycles. The molecule has 1 saturated heterocycles. The van der Waals surface area contributed by atoms with Crippen LogP contribution >= 0.6 is 0 Å². The third kappa shape index (κ3) is 2.19. The number of aliphatic hydroxyl groups excluding tert-OH is 1. The van der Waals surface area contributed by atoms with Crippen molar-refractivity contribution in [2.45, 2.75) is 18.9 Å². The van der Waals surface area contributed by atoms with Crippen molar-refractivity contribution in [3.8, 4) is 5.88 Å². The van der Waals surface area contributed by atoms with Gasteiger partial charge in [-0.15, -0.1) is 0 Å². The summed E-state index contributed by atoms with van der Waals surface area (Å²) in [5.41, 5.74) is 6.25. The number of pyridine rings is 1. The van der Waals surface area contributed by atoms with E-state index in [0.29, 0.717) is 11.6 Å². The maximum absolute atomic E-state index is 9.43. The van der Waals surface area contributed by atoms with E-state index in [1.807, 2.05) is 6.07 Å². The second-order valence-electron chi connectivity index (χ2n) is 3.99. The molecule has 0 aliphatic carbocycles. The molecule has 0 unspecified atom stereocenters. The van der Waals surface area contributed by atoms with Gasteiger partial charge in [-0.1, -0.05) is 0 Å². The van der Waals surface area contributed by atoms with Crippen molar-refractivity contribution in [3.63, 3.8) is 0 Å². The molecule has 2 rings (SSSR count). The molecule has 1 aliphatic heterocycles. The molecular weight excluding hydrogens is 206 g/mol. The molecule has 1 fully saturated rings. The van der Waals surface area contributed by atoms with Gasteiger partial charge < -0.3 is 20.5 Å². The minimum atomic E-state index is -0.174. The van der Waals surface area contributed by atoms with Crippen LogP contribution in [0.15, 0.2) is 12.1 Å². The van der Waals surface area contributed by atoms with Crippen molar-refractivity contribution in [1.82, 2.24) is 4.98 Å². The van der Waals surface area contributed by atoms with Crippen LogP contribution in [0.5, 0.6) is 5.88 Å². The van der Waals surface area contributed by atoms with Gasteiger partial charge in [0.1, 0.15) is 5.82 Å². The first-order valence-corrected chi connectivity index (χ1v) is 5.44. The van der Waals surface area contributed by atoms with E-state index >= 15 is 0 Å². The van der Waals surface area contributed by atoms with Crippen LogP contribution in [0, 0.1) is 0 Å². The number of hydrogen-bond acceptors (Lipinski definition) is 5. The first-order valence-electron chi connectivity index (χ1n) is 5.44. The molecule has 0 bridgehead atoms. The topological polar surface area (TPSA) is 71.6 Å². The SMILES string of the molecule is COc1nc(N2CCC(O)CC2)ccc1N. The van der Waals surface area contributed by atoms with Gasteiger partial charge in [0.2, 0.25) is 5.88 Å². The highest BCUT2D eigenvalue weighted by molar-refractivity contribution is 5.54. The summed E-state index contributed by atoms with van der Waals surface area (Å²) in [7, 11) is 1.56. The number of ether oxygens (including phenoxy) is 1. The van der Waals surface area contributed by atoms with Gasteiger partial charge in [0, 0.05) is 13.1 Å². The third-order valence-corrected chi connectivity index (χ3v) is 2.86. The molecule has 1 aliphatic rings. The van der Waals surface area contributed by atoms with Gasteiger partial charge in [-0.05, 0) is 25.0 Å². The third-order valence-electron chi connectivity index (χ3n) is 2.86. The zero-order valence-corrected chi connectivity index (χ0v) is 9.39. The lowest BCUT2D eigenvalue weighted by Crippen LogP contribution is -2.36. The number of rotatable bonds is 2. The largest absolute Gasteiger partial charge is 0.479 e. The molecule has 0 spiro atoms. The summed E-state index contributed by atoms with van der Waals surface area (Å²) in [4.78, 5) is 6.47. The molecule has 1 aromatic heterocycles. The fourth-order valence-electron chi connectivity index (χ4n) is 1.88. The Bertz CT molecular complexity index is 362. The lowest BCUT2D eigenvalue weighted by molar-refractivity contribution is 0.145. The minimum absolute atomic E-state index is 0.174. The summed E-state index contributed by atoms with van der Waals surface area (Å²) in [5, 5.41) is 9.43. The van der Waals surface area contributed by atoms with Crippen molar-refractivity contribution < 1.29 is 9.84 Å². The number of nitrogens with zero attached hydrogens (tertiary/aromatic N) is 2. The van der Waals surface area contributed by atoms with Gasteiger partial charge in [0.05, 0.1) is 18.9 Å². The molecule has 3 N–H and O–H groups in total. The number of anilines is 2. The van der Waals surface area contributed by atoms with E-state index in [9.17, 15) is 5.11 Å². The van der Waals surface area contributed by atoms with Crippen LogP contribution in [0.3, 0.4) is 0 Å². The number of nitrogens with two attached hydrogens (primary N) is 1. The second-order valence-corrected chi connectivity index (χ2v) is 3.99. The van der Waals surface area contributed by atoms with E-state index in [-0.39, 0.29) is 6.10 Å². The van der Waals surface area contributed by atoms with Crippen LogP contribution in [0.4, 0.5) is 11.5 Å². The summed E-state index contributed by atoms with van der Waals surface area (Å²) < 4.78 is 5.09. The number of aromatic nitrogens is 1. The Kier molecular flexibility index (Phi) is 3.14. The summed E-state index contributed by atoms with van der Waals surface area (Å²) in [6, 6.07) is 3.68. The molecule has 0 saturated carbocycles. The van der Waals surface area contributed by atoms with Crippen molar-refractivity contribution in [1.29, 1.82) is 0 Å². The molecule has 0 amide bonds. The van der Waals surface area contributed by atoms with Gasteiger partial charge in [-0.2, -0.15) is 4.98 Å². The summed E-state index contributed by atoms with van der Waals surface area (Å²) in [5.74, 6) is 1.32. The second kappa shape index (κ2) is 4.57. The highest BCUT2D eigenvalue weighted by Crippen LogP contribution is 2.24. The Morgan fingerprint density at radius 2 is 2.12 bits per heavy atom. The van der Waals surface area contributed by atoms with E-state index in [0.717, 1.165) is 31.7 Å². The molecule has 0 atom stereocenters. The summed E-state index contributed by atoms with van der Waals surface area (Å²) >= 11 is 0. The maximum Gasteiger partial charge on any atom is 0.238 e. The van der Waals surface area contributed by atoms with Gasteiger partial charge in [0.25, 0.3) is 0 Å². The Morgan fingerprint density at radius 3 is 2.75 bits per heavy atom. The molecule has 0 radical (unpaired) electrons. The number of nitrogen functional groups attached to an aromatic ring is 1. The predicted octanol–water partition coefficient (Wildman–Crippen LogP) is 0.634. The number of aliphatic hydroxyl groups is 1. The lowest BCUT2D eigenvalue weighted by atomic mass is 10.1. The first-order chi connectivity index (χ1) is 7.70. The standard InChI is InChI=1S/C11H17N3O2/c1-16-11-9(12)2-3-10(13-11)14-6-4-8(15)5-7-14/h2-3,8,15H,4-7,12H2,1H3. The molecule has 16 heavy (non-hydrogen) atoms. The maximum atomic E-state index is 9.43. The predicted molar refractivity (Wildman–Crippen MR) is 62.7 cm³/mol. The zero-order chi connectivity index (χ0) is 11.5. The van der Waals surface area contributed by atoms with Crippen molar-refractivity contribution in [3.05, 3.63) is 12.1 Å². The van der Waals surface area contributed by atoms with Crippen LogP contribution in [0.1, 0.15) is 12.8 Å². The van der Waals surface area contributed by atoms with E-state index in [4.69, 9.17) is 10.5 Å². The number of piperidine rings is 1. The van der Waals surface area contributed by atoms with Crippen LogP contribution in [0.25, 0.3) is 0 Å². The monoisotopic (exact) mass is 223 g/mol. The summed E-state index contributed by atoms with van der Waals surface area (Å²) in [6.07, 6.45) is 1.40.